The standard InChI is InChI=1S/C16H18FN5O5/c1-4-16(17)10(25)7(5-23)27-14(16)22-11-8(13(26)21-15(18)20-11)19-12(22)9(24)6(2)3/h1,6-7,10,14,23,25H,5H2,2-3H3,(H3,18,20,21,26)/t7-,10-,14+,16-/m1/s1. The van der Waals surface area contributed by atoms with Gasteiger partial charge in [0.2, 0.25) is 17.4 Å². The predicted octanol–water partition coefficient (Wildman–Crippen LogP) is -0.867. The fourth-order valence-electron chi connectivity index (χ4n) is 2.96. The number of hydrogen-bond donors (Lipinski definition) is 4. The minimum atomic E-state index is -2.81. The first-order chi connectivity index (χ1) is 12.7. The number of nitrogens with two attached hydrogens (primary N) is 1. The number of Topliss-reactive ketones (excluding diaryl/α,β-unsaturated/α-hetero) is 1. The molecule has 0 amide bonds. The number of alkyl halides is 1. The van der Waals surface area contributed by atoms with Gasteiger partial charge in [-0.2, -0.15) is 4.98 Å². The summed E-state index contributed by atoms with van der Waals surface area (Å²) in [5.74, 6) is 0.120. The van der Waals surface area contributed by atoms with Crippen molar-refractivity contribution in [3.8, 4) is 12.3 Å². The lowest BCUT2D eigenvalue weighted by molar-refractivity contribution is -0.0511. The molecule has 1 fully saturated rings. The number of halogens is 1. The summed E-state index contributed by atoms with van der Waals surface area (Å²) < 4.78 is 21.8. The zero-order chi connectivity index (χ0) is 20.1. The molecule has 1 saturated heterocycles. The Bertz CT molecular complexity index is 1010. The Hall–Kier alpha value is -2.81. The van der Waals surface area contributed by atoms with Crippen LogP contribution in [0.4, 0.5) is 10.3 Å². The third-order valence-corrected chi connectivity index (χ3v) is 4.40. The number of aliphatic hydroxyl groups is 2. The van der Waals surface area contributed by atoms with Crippen molar-refractivity contribution in [1.29, 1.82) is 0 Å². The van der Waals surface area contributed by atoms with Gasteiger partial charge in [-0.05, 0) is 0 Å². The maximum atomic E-state index is 15.4. The normalized spacial score (nSPS) is 28.0. The van der Waals surface area contributed by atoms with Gasteiger partial charge >= 0.3 is 0 Å². The lowest BCUT2D eigenvalue weighted by atomic mass is 9.96. The summed E-state index contributed by atoms with van der Waals surface area (Å²) in [7, 11) is 0. The smallest absolute Gasteiger partial charge is 0.280 e. The monoisotopic (exact) mass is 379 g/mol. The highest BCUT2D eigenvalue weighted by molar-refractivity contribution is 5.97. The number of aliphatic hydroxyl groups excluding tert-OH is 2. The van der Waals surface area contributed by atoms with Crippen molar-refractivity contribution in [3.05, 3.63) is 16.2 Å². The minimum Gasteiger partial charge on any atom is -0.394 e. The molecule has 27 heavy (non-hydrogen) atoms. The Morgan fingerprint density at radius 2 is 2.22 bits per heavy atom. The van der Waals surface area contributed by atoms with Gasteiger partial charge in [0.05, 0.1) is 6.61 Å². The van der Waals surface area contributed by atoms with Crippen LogP contribution in [0.25, 0.3) is 11.2 Å². The molecule has 0 bridgehead atoms. The number of aromatic nitrogens is 4. The molecular formula is C16H18FN5O5. The molecule has 0 spiro atoms. The molecule has 5 N–H and O–H groups in total. The molecule has 144 valence electrons. The fraction of sp³-hybridized carbons (Fsp3) is 0.500. The second kappa shape index (κ2) is 6.41. The van der Waals surface area contributed by atoms with Crippen molar-refractivity contribution in [2.75, 3.05) is 12.3 Å². The zero-order valence-electron chi connectivity index (χ0n) is 14.5. The molecule has 0 aromatic carbocycles. The van der Waals surface area contributed by atoms with Crippen LogP contribution < -0.4 is 11.3 Å². The summed E-state index contributed by atoms with van der Waals surface area (Å²) in [6.45, 7) is 2.45. The third-order valence-electron chi connectivity index (χ3n) is 4.40. The SMILES string of the molecule is C#C[C@@]1(F)[C@H](O)[C@@H](CO)O[C@@H]1n1c(C(=O)C(C)C)nc2c(=O)[nH]c(N)nc21. The molecule has 11 heteroatoms. The maximum absolute atomic E-state index is 15.4. The highest BCUT2D eigenvalue weighted by atomic mass is 19.1. The van der Waals surface area contributed by atoms with Crippen LogP contribution in [-0.2, 0) is 4.74 Å². The first-order valence-electron chi connectivity index (χ1n) is 8.08. The van der Waals surface area contributed by atoms with Crippen molar-refractivity contribution in [2.24, 2.45) is 5.92 Å². The molecule has 0 saturated carbocycles. The van der Waals surface area contributed by atoms with E-state index in [1.54, 1.807) is 13.8 Å². The molecular weight excluding hydrogens is 361 g/mol. The first kappa shape index (κ1) is 19.0. The van der Waals surface area contributed by atoms with Gasteiger partial charge in [-0.25, -0.2) is 9.37 Å². The minimum absolute atomic E-state index is 0.228. The van der Waals surface area contributed by atoms with Crippen LogP contribution >= 0.6 is 0 Å². The molecule has 3 rings (SSSR count). The summed E-state index contributed by atoms with van der Waals surface area (Å²) >= 11 is 0. The van der Waals surface area contributed by atoms with Gasteiger partial charge in [-0.15, -0.1) is 6.42 Å². The number of ketones is 1. The van der Waals surface area contributed by atoms with Crippen LogP contribution in [0.15, 0.2) is 4.79 Å². The summed E-state index contributed by atoms with van der Waals surface area (Å²) in [6.07, 6.45) is 0.295. The number of imidazole rings is 1. The van der Waals surface area contributed by atoms with Gasteiger partial charge in [0.1, 0.15) is 12.2 Å². The highest BCUT2D eigenvalue weighted by Gasteiger charge is 2.58. The number of nitrogens with one attached hydrogen (secondary N) is 1. The molecule has 0 unspecified atom stereocenters. The summed E-state index contributed by atoms with van der Waals surface area (Å²) in [5.41, 5.74) is 1.51. The zero-order valence-corrected chi connectivity index (χ0v) is 14.5. The van der Waals surface area contributed by atoms with Gasteiger partial charge in [-0.1, -0.05) is 19.8 Å². The highest BCUT2D eigenvalue weighted by Crippen LogP contribution is 2.43. The largest absolute Gasteiger partial charge is 0.394 e. The lowest BCUT2D eigenvalue weighted by Crippen LogP contribution is -2.42. The van der Waals surface area contributed by atoms with E-state index in [0.29, 0.717) is 0 Å². The Morgan fingerprint density at radius 1 is 1.56 bits per heavy atom. The number of nitrogens with zero attached hydrogens (tertiary/aromatic N) is 3. The van der Waals surface area contributed by atoms with Gasteiger partial charge in [0, 0.05) is 5.92 Å². The Morgan fingerprint density at radius 3 is 2.78 bits per heavy atom. The molecule has 0 radical (unpaired) electrons. The van der Waals surface area contributed by atoms with E-state index in [0.717, 1.165) is 4.57 Å². The number of fused-ring (bicyclic) bond motifs is 1. The van der Waals surface area contributed by atoms with Crippen LogP contribution in [0.3, 0.4) is 0 Å². The average molecular weight is 379 g/mol. The quantitative estimate of drug-likeness (QED) is 0.395. The lowest BCUT2D eigenvalue weighted by Gasteiger charge is -2.25. The van der Waals surface area contributed by atoms with Crippen molar-refractivity contribution >= 4 is 22.9 Å². The van der Waals surface area contributed by atoms with E-state index in [1.165, 1.54) is 0 Å². The van der Waals surface area contributed by atoms with Gasteiger partial charge in [0.25, 0.3) is 5.56 Å². The predicted molar refractivity (Wildman–Crippen MR) is 91.4 cm³/mol. The van der Waals surface area contributed by atoms with Crippen molar-refractivity contribution in [1.82, 2.24) is 19.5 Å². The molecule has 0 aliphatic carbocycles. The second-order valence-electron chi connectivity index (χ2n) is 6.51. The fourth-order valence-corrected chi connectivity index (χ4v) is 2.96. The molecule has 1 aliphatic heterocycles. The van der Waals surface area contributed by atoms with E-state index in [2.05, 4.69) is 15.0 Å². The average Bonchev–Trinajstić information content (AvgIpc) is 3.10. The topological polar surface area (TPSA) is 156 Å². The summed E-state index contributed by atoms with van der Waals surface area (Å²) in [4.78, 5) is 34.9. The molecule has 3 heterocycles. The van der Waals surface area contributed by atoms with E-state index in [1.807, 2.05) is 5.92 Å². The van der Waals surface area contributed by atoms with E-state index < -0.39 is 48.0 Å². The molecule has 1 aliphatic rings. The van der Waals surface area contributed by atoms with Crippen LogP contribution in [-0.4, -0.2) is 60.0 Å². The van der Waals surface area contributed by atoms with Crippen LogP contribution in [0.1, 0.15) is 30.7 Å². The maximum Gasteiger partial charge on any atom is 0.280 e. The molecule has 4 atom stereocenters. The number of anilines is 1. The number of aromatic amines is 1. The van der Waals surface area contributed by atoms with Crippen LogP contribution in [0, 0.1) is 18.3 Å². The molecule has 2 aromatic rings. The van der Waals surface area contributed by atoms with E-state index >= 15 is 4.39 Å². The first-order valence-corrected chi connectivity index (χ1v) is 8.08. The number of rotatable bonds is 4. The Labute approximate surface area is 152 Å². The van der Waals surface area contributed by atoms with Crippen LogP contribution in [0.2, 0.25) is 0 Å². The van der Waals surface area contributed by atoms with E-state index in [4.69, 9.17) is 16.9 Å². The number of terminal acetylenes is 1. The second-order valence-corrected chi connectivity index (χ2v) is 6.51. The number of ether oxygens (including phenoxy) is 1. The molecule has 2 aromatic heterocycles. The van der Waals surface area contributed by atoms with E-state index in [-0.39, 0.29) is 22.9 Å². The third kappa shape index (κ3) is 2.69. The summed E-state index contributed by atoms with van der Waals surface area (Å²) in [6, 6.07) is 0. The van der Waals surface area contributed by atoms with Gasteiger partial charge < -0.3 is 20.7 Å². The number of nitrogen functional groups attached to an aromatic ring is 1. The van der Waals surface area contributed by atoms with Crippen LogP contribution in [0.5, 0.6) is 0 Å². The number of hydrogen-bond acceptors (Lipinski definition) is 8. The number of carbonyl (C=O) groups is 1. The number of H-pyrrole nitrogens is 1. The van der Waals surface area contributed by atoms with Gasteiger partial charge in [0.15, 0.2) is 23.2 Å². The number of carbonyl (C=O) groups excluding carboxylic acids is 1. The van der Waals surface area contributed by atoms with E-state index in [9.17, 15) is 19.8 Å². The van der Waals surface area contributed by atoms with Crippen molar-refractivity contribution in [3.63, 3.8) is 0 Å². The van der Waals surface area contributed by atoms with Crippen molar-refractivity contribution < 1.29 is 24.1 Å². The molecule has 10 nitrogen and oxygen atoms in total. The van der Waals surface area contributed by atoms with Gasteiger partial charge in [-0.3, -0.25) is 19.1 Å². The van der Waals surface area contributed by atoms with Crippen molar-refractivity contribution in [2.45, 2.75) is 38.0 Å². The Kier molecular flexibility index (Phi) is 4.51. The Balaban J connectivity index is 2.35. The summed E-state index contributed by atoms with van der Waals surface area (Å²) in [5, 5.41) is 19.5.